The number of hydrogen-bond acceptors (Lipinski definition) is 3. The summed E-state index contributed by atoms with van der Waals surface area (Å²) in [5, 5.41) is 11.0. The van der Waals surface area contributed by atoms with Gasteiger partial charge in [0.05, 0.1) is 6.54 Å². The Labute approximate surface area is 126 Å². The molecule has 1 aromatic carbocycles. The number of halogens is 6. The average Bonchev–Trinajstić information content (AvgIpc) is 2.38. The summed E-state index contributed by atoms with van der Waals surface area (Å²) in [6.07, 6.45) is -12.4. The number of benzene rings is 1. The van der Waals surface area contributed by atoms with Crippen LogP contribution in [0.4, 0.5) is 36.8 Å². The Hall–Kier alpha value is -2.17. The van der Waals surface area contributed by atoms with Crippen LogP contribution in [0.15, 0.2) is 24.3 Å². The summed E-state index contributed by atoms with van der Waals surface area (Å²) in [6.45, 7) is -0.995. The highest BCUT2D eigenvalue weighted by Gasteiger charge is 2.39. The van der Waals surface area contributed by atoms with E-state index >= 15 is 0 Å². The Morgan fingerprint density at radius 1 is 1.22 bits per heavy atom. The van der Waals surface area contributed by atoms with Gasteiger partial charge in [0.1, 0.15) is 5.75 Å². The van der Waals surface area contributed by atoms with Gasteiger partial charge >= 0.3 is 18.6 Å². The smallest absolute Gasteiger partial charge is 0.406 e. The van der Waals surface area contributed by atoms with Gasteiger partial charge in [-0.05, 0) is 24.3 Å². The van der Waals surface area contributed by atoms with Crippen LogP contribution in [0, 0.1) is 0 Å². The lowest BCUT2D eigenvalue weighted by atomic mass is 10.3. The Bertz CT molecular complexity index is 529. The van der Waals surface area contributed by atoms with E-state index in [0.717, 1.165) is 31.3 Å². The van der Waals surface area contributed by atoms with E-state index in [9.17, 15) is 31.1 Å². The standard InChI is InChI=1S/C12H12F6N2O3/c1-20(6-9(21)11(13,14)15)10(22)19-7-2-4-8(5-3-7)23-12(16,17)18/h2-5,9,21H,6H2,1H3,(H,19,22). The highest BCUT2D eigenvalue weighted by Crippen LogP contribution is 2.24. The average molecular weight is 346 g/mol. The minimum Gasteiger partial charge on any atom is -0.406 e. The van der Waals surface area contributed by atoms with Crippen molar-refractivity contribution in [3.63, 3.8) is 0 Å². The number of aliphatic hydroxyl groups excluding tert-OH is 1. The fraction of sp³-hybridized carbons (Fsp3) is 0.417. The summed E-state index contributed by atoms with van der Waals surface area (Å²) in [5.41, 5.74) is 0.0397. The number of ether oxygens (including phenoxy) is 1. The van der Waals surface area contributed by atoms with Crippen molar-refractivity contribution in [2.75, 3.05) is 18.9 Å². The molecule has 1 unspecified atom stereocenters. The third kappa shape index (κ3) is 6.63. The molecule has 1 rings (SSSR count). The van der Waals surface area contributed by atoms with Crippen LogP contribution in [-0.2, 0) is 0 Å². The number of likely N-dealkylation sites (N-methyl/N-ethyl adjacent to an activating group) is 1. The molecule has 0 aliphatic heterocycles. The van der Waals surface area contributed by atoms with Crippen molar-refractivity contribution in [3.8, 4) is 5.75 Å². The van der Waals surface area contributed by atoms with Crippen LogP contribution in [0.25, 0.3) is 0 Å². The normalized spacial score (nSPS) is 13.4. The summed E-state index contributed by atoms with van der Waals surface area (Å²) in [5.74, 6) is -0.517. The number of rotatable bonds is 4. The van der Waals surface area contributed by atoms with E-state index < -0.39 is 37.0 Å². The van der Waals surface area contributed by atoms with E-state index in [1.54, 1.807) is 0 Å². The Morgan fingerprint density at radius 3 is 2.17 bits per heavy atom. The molecule has 0 spiro atoms. The third-order valence-electron chi connectivity index (χ3n) is 2.51. The molecule has 0 saturated heterocycles. The van der Waals surface area contributed by atoms with E-state index in [1.165, 1.54) is 0 Å². The molecular formula is C12H12F6N2O3. The maximum Gasteiger partial charge on any atom is 0.573 e. The molecule has 1 atom stereocenters. The number of carbonyl (C=O) groups is 1. The molecule has 0 aliphatic carbocycles. The van der Waals surface area contributed by atoms with Crippen LogP contribution < -0.4 is 10.1 Å². The highest BCUT2D eigenvalue weighted by atomic mass is 19.4. The quantitative estimate of drug-likeness (QED) is 0.824. The molecule has 0 bridgehead atoms. The molecule has 1 aromatic rings. The maximum atomic E-state index is 12.2. The zero-order valence-corrected chi connectivity index (χ0v) is 11.6. The minimum atomic E-state index is -4.87. The van der Waals surface area contributed by atoms with Crippen molar-refractivity contribution in [1.29, 1.82) is 0 Å². The van der Waals surface area contributed by atoms with E-state index in [1.807, 2.05) is 0 Å². The molecule has 2 N–H and O–H groups in total. The first-order valence-electron chi connectivity index (χ1n) is 6.01. The molecular weight excluding hydrogens is 334 g/mol. The van der Waals surface area contributed by atoms with E-state index in [-0.39, 0.29) is 5.69 Å². The first-order valence-corrected chi connectivity index (χ1v) is 6.01. The lowest BCUT2D eigenvalue weighted by Gasteiger charge is -2.22. The fourth-order valence-electron chi connectivity index (χ4n) is 1.40. The summed E-state index contributed by atoms with van der Waals surface area (Å²) < 4.78 is 76.0. The molecule has 0 heterocycles. The zero-order valence-electron chi connectivity index (χ0n) is 11.6. The highest BCUT2D eigenvalue weighted by molar-refractivity contribution is 5.89. The monoisotopic (exact) mass is 346 g/mol. The van der Waals surface area contributed by atoms with E-state index in [0.29, 0.717) is 4.90 Å². The first-order chi connectivity index (χ1) is 10.4. The van der Waals surface area contributed by atoms with Crippen LogP contribution in [-0.4, -0.2) is 48.3 Å². The summed E-state index contributed by atoms with van der Waals surface area (Å²) >= 11 is 0. The topological polar surface area (TPSA) is 61.8 Å². The Kier molecular flexibility index (Phi) is 5.70. The zero-order chi connectivity index (χ0) is 17.8. The lowest BCUT2D eigenvalue weighted by Crippen LogP contribution is -2.43. The predicted octanol–water partition coefficient (Wildman–Crippen LogP) is 2.97. The van der Waals surface area contributed by atoms with Gasteiger partial charge in [-0.2, -0.15) is 13.2 Å². The molecule has 0 radical (unpaired) electrons. The molecule has 130 valence electrons. The Morgan fingerprint density at radius 2 is 1.74 bits per heavy atom. The van der Waals surface area contributed by atoms with Gasteiger partial charge < -0.3 is 20.1 Å². The van der Waals surface area contributed by atoms with Gasteiger partial charge in [-0.15, -0.1) is 13.2 Å². The number of urea groups is 1. The molecule has 0 aromatic heterocycles. The van der Waals surface area contributed by atoms with Gasteiger partial charge in [0.25, 0.3) is 0 Å². The summed E-state index contributed by atoms with van der Waals surface area (Å²) in [6, 6.07) is 3.03. The molecule has 5 nitrogen and oxygen atoms in total. The van der Waals surface area contributed by atoms with Crippen molar-refractivity contribution in [2.45, 2.75) is 18.6 Å². The van der Waals surface area contributed by atoms with Crippen molar-refractivity contribution < 1.29 is 41.0 Å². The first kappa shape index (κ1) is 18.9. The SMILES string of the molecule is CN(CC(O)C(F)(F)F)C(=O)Nc1ccc(OC(F)(F)F)cc1. The van der Waals surface area contributed by atoms with Gasteiger partial charge in [-0.1, -0.05) is 0 Å². The van der Waals surface area contributed by atoms with Gasteiger partial charge in [0, 0.05) is 12.7 Å². The van der Waals surface area contributed by atoms with Crippen LogP contribution in [0.3, 0.4) is 0 Å². The number of nitrogens with one attached hydrogen (secondary N) is 1. The lowest BCUT2D eigenvalue weighted by molar-refractivity contribution is -0.274. The number of amides is 2. The van der Waals surface area contributed by atoms with E-state index in [4.69, 9.17) is 5.11 Å². The molecule has 11 heteroatoms. The number of nitrogens with zero attached hydrogens (tertiary/aromatic N) is 1. The number of anilines is 1. The number of alkyl halides is 6. The molecule has 0 fully saturated rings. The summed E-state index contributed by atoms with van der Waals surface area (Å²) in [4.78, 5) is 12.2. The Balaban J connectivity index is 2.60. The van der Waals surface area contributed by atoms with Crippen molar-refractivity contribution in [2.24, 2.45) is 0 Å². The largest absolute Gasteiger partial charge is 0.573 e. The molecule has 0 saturated carbocycles. The summed E-state index contributed by atoms with van der Waals surface area (Å²) in [7, 11) is 1.02. The molecule has 0 aliphatic rings. The predicted molar refractivity (Wildman–Crippen MR) is 66.8 cm³/mol. The maximum absolute atomic E-state index is 12.2. The van der Waals surface area contributed by atoms with Crippen molar-refractivity contribution in [3.05, 3.63) is 24.3 Å². The van der Waals surface area contributed by atoms with Crippen LogP contribution in [0.5, 0.6) is 5.75 Å². The van der Waals surface area contributed by atoms with Gasteiger partial charge in [-0.3, -0.25) is 0 Å². The second-order valence-corrected chi connectivity index (χ2v) is 4.44. The number of carbonyl (C=O) groups excluding carboxylic acids is 1. The molecule has 23 heavy (non-hydrogen) atoms. The third-order valence-corrected chi connectivity index (χ3v) is 2.51. The van der Waals surface area contributed by atoms with Crippen LogP contribution >= 0.6 is 0 Å². The van der Waals surface area contributed by atoms with Crippen LogP contribution in [0.1, 0.15) is 0 Å². The van der Waals surface area contributed by atoms with Crippen LogP contribution in [0.2, 0.25) is 0 Å². The van der Waals surface area contributed by atoms with Crippen molar-refractivity contribution in [1.82, 2.24) is 4.90 Å². The number of hydrogen-bond donors (Lipinski definition) is 2. The van der Waals surface area contributed by atoms with Gasteiger partial charge in [0.2, 0.25) is 0 Å². The second-order valence-electron chi connectivity index (χ2n) is 4.44. The van der Waals surface area contributed by atoms with Gasteiger partial charge in [-0.25, -0.2) is 4.79 Å². The van der Waals surface area contributed by atoms with Crippen molar-refractivity contribution >= 4 is 11.7 Å². The van der Waals surface area contributed by atoms with Gasteiger partial charge in [0.15, 0.2) is 6.10 Å². The van der Waals surface area contributed by atoms with E-state index in [2.05, 4.69) is 10.1 Å². The fourth-order valence-corrected chi connectivity index (χ4v) is 1.40. The molecule has 2 amide bonds. The number of aliphatic hydroxyl groups is 1. The second kappa shape index (κ2) is 6.94. The minimum absolute atomic E-state index is 0.0397.